The molecule has 1 aromatic carbocycles. The number of amides is 2. The summed E-state index contributed by atoms with van der Waals surface area (Å²) in [6.07, 6.45) is 3.71. The maximum atomic E-state index is 12.5. The first-order valence-electron chi connectivity index (χ1n) is 8.39. The largest absolute Gasteiger partial charge is 0.482 e. The van der Waals surface area contributed by atoms with Crippen LogP contribution in [0.5, 0.6) is 5.75 Å². The van der Waals surface area contributed by atoms with Gasteiger partial charge in [0.2, 0.25) is 5.91 Å². The zero-order valence-electron chi connectivity index (χ0n) is 13.9. The van der Waals surface area contributed by atoms with Gasteiger partial charge < -0.3 is 14.5 Å². The van der Waals surface area contributed by atoms with E-state index in [0.717, 1.165) is 30.6 Å². The van der Waals surface area contributed by atoms with Crippen molar-refractivity contribution < 1.29 is 14.3 Å². The van der Waals surface area contributed by atoms with Crippen LogP contribution in [-0.2, 0) is 9.59 Å². The Labute approximate surface area is 137 Å². The molecule has 2 aliphatic rings. The predicted octanol–water partition coefficient (Wildman–Crippen LogP) is 2.51. The molecule has 5 heteroatoms. The molecule has 0 aliphatic carbocycles. The second kappa shape index (κ2) is 6.60. The lowest BCUT2D eigenvalue weighted by atomic mass is 10.0. The van der Waals surface area contributed by atoms with Crippen molar-refractivity contribution in [2.24, 2.45) is 0 Å². The molecule has 0 N–H and O–H groups in total. The zero-order valence-corrected chi connectivity index (χ0v) is 13.9. The highest BCUT2D eigenvalue weighted by Gasteiger charge is 2.28. The smallest absolute Gasteiger partial charge is 0.265 e. The van der Waals surface area contributed by atoms with Gasteiger partial charge >= 0.3 is 0 Å². The van der Waals surface area contributed by atoms with Crippen LogP contribution >= 0.6 is 0 Å². The topological polar surface area (TPSA) is 49.9 Å². The van der Waals surface area contributed by atoms with Gasteiger partial charge in [-0.1, -0.05) is 6.07 Å². The fourth-order valence-electron chi connectivity index (χ4n) is 3.38. The maximum Gasteiger partial charge on any atom is 0.265 e. The quantitative estimate of drug-likeness (QED) is 0.861. The average Bonchev–Trinajstić information content (AvgIpc) is 2.54. The van der Waals surface area contributed by atoms with Crippen molar-refractivity contribution in [3.8, 4) is 5.75 Å². The van der Waals surface area contributed by atoms with E-state index in [1.807, 2.05) is 30.0 Å². The van der Waals surface area contributed by atoms with Crippen LogP contribution in [0, 0.1) is 6.92 Å². The second-order valence-corrected chi connectivity index (χ2v) is 6.49. The summed E-state index contributed by atoms with van der Waals surface area (Å²) in [5.41, 5.74) is 1.85. The van der Waals surface area contributed by atoms with Crippen LogP contribution in [0.2, 0.25) is 0 Å². The first-order valence-corrected chi connectivity index (χ1v) is 8.39. The first kappa shape index (κ1) is 15.8. The molecule has 2 aliphatic heterocycles. The molecule has 124 valence electrons. The van der Waals surface area contributed by atoms with Crippen molar-refractivity contribution in [2.45, 2.75) is 45.6 Å². The molecule has 2 amide bonds. The van der Waals surface area contributed by atoms with E-state index in [1.54, 1.807) is 4.90 Å². The highest BCUT2D eigenvalue weighted by molar-refractivity contribution is 5.98. The maximum absolute atomic E-state index is 12.5. The molecular weight excluding hydrogens is 292 g/mol. The lowest BCUT2D eigenvalue weighted by Crippen LogP contribution is -2.45. The van der Waals surface area contributed by atoms with E-state index in [0.29, 0.717) is 24.8 Å². The molecule has 1 atom stereocenters. The lowest BCUT2D eigenvalue weighted by Gasteiger charge is -2.35. The summed E-state index contributed by atoms with van der Waals surface area (Å²) in [5, 5.41) is 0. The minimum absolute atomic E-state index is 0.0460. The van der Waals surface area contributed by atoms with Crippen molar-refractivity contribution in [3.63, 3.8) is 0 Å². The van der Waals surface area contributed by atoms with Gasteiger partial charge in [-0.2, -0.15) is 0 Å². The molecule has 2 heterocycles. The molecule has 0 bridgehead atoms. The lowest BCUT2D eigenvalue weighted by molar-refractivity contribution is -0.134. The minimum atomic E-state index is -0.0809. The summed E-state index contributed by atoms with van der Waals surface area (Å²) >= 11 is 0. The van der Waals surface area contributed by atoms with Crippen LogP contribution in [0.4, 0.5) is 5.69 Å². The highest BCUT2D eigenvalue weighted by Crippen LogP contribution is 2.33. The Morgan fingerprint density at radius 2 is 2.17 bits per heavy atom. The second-order valence-electron chi connectivity index (χ2n) is 6.49. The number of fused-ring (bicyclic) bond motifs is 1. The fraction of sp³-hybridized carbons (Fsp3) is 0.556. The highest BCUT2D eigenvalue weighted by atomic mass is 16.5. The standard InChI is InChI=1S/C18H24N2O3/c1-13-6-7-16-15(11-13)20(18(22)12-23-16)10-8-17(21)19-9-4-3-5-14(19)2/h6-7,11,14H,3-5,8-10,12H2,1-2H3. The molecule has 23 heavy (non-hydrogen) atoms. The number of hydrogen-bond donors (Lipinski definition) is 0. The Hall–Kier alpha value is -2.04. The Bertz CT molecular complexity index is 614. The van der Waals surface area contributed by atoms with Gasteiger partial charge in [0, 0.05) is 25.6 Å². The third-order valence-electron chi connectivity index (χ3n) is 4.73. The molecule has 0 spiro atoms. The summed E-state index contributed by atoms with van der Waals surface area (Å²) in [5.74, 6) is 0.780. The minimum Gasteiger partial charge on any atom is -0.482 e. The molecule has 3 rings (SSSR count). The summed E-state index contributed by atoms with van der Waals surface area (Å²) in [6.45, 7) is 5.39. The van der Waals surface area contributed by atoms with E-state index >= 15 is 0 Å². The van der Waals surface area contributed by atoms with Crippen molar-refractivity contribution in [2.75, 3.05) is 24.6 Å². The van der Waals surface area contributed by atoms with Gasteiger partial charge in [0.15, 0.2) is 6.61 Å². The van der Waals surface area contributed by atoms with Crippen LogP contribution in [0.25, 0.3) is 0 Å². The molecule has 1 unspecified atom stereocenters. The van der Waals surface area contributed by atoms with Crippen molar-refractivity contribution in [1.82, 2.24) is 4.90 Å². The number of carbonyl (C=O) groups is 2. The number of hydrogen-bond acceptors (Lipinski definition) is 3. The summed E-state index contributed by atoms with van der Waals surface area (Å²) in [7, 11) is 0. The number of nitrogens with zero attached hydrogens (tertiary/aromatic N) is 2. The SMILES string of the molecule is Cc1ccc2c(c1)N(CCC(=O)N1CCCCC1C)C(=O)CO2. The van der Waals surface area contributed by atoms with E-state index < -0.39 is 0 Å². The van der Waals surface area contributed by atoms with E-state index in [1.165, 1.54) is 6.42 Å². The number of anilines is 1. The van der Waals surface area contributed by atoms with Crippen LogP contribution in [0.15, 0.2) is 18.2 Å². The van der Waals surface area contributed by atoms with Gasteiger partial charge in [-0.15, -0.1) is 0 Å². The Morgan fingerprint density at radius 3 is 2.96 bits per heavy atom. The van der Waals surface area contributed by atoms with Crippen molar-refractivity contribution in [3.05, 3.63) is 23.8 Å². The summed E-state index contributed by atoms with van der Waals surface area (Å²) in [6, 6.07) is 6.11. The number of piperidine rings is 1. The molecule has 1 aromatic rings. The van der Waals surface area contributed by atoms with Gasteiger partial charge in [0.1, 0.15) is 5.75 Å². The van der Waals surface area contributed by atoms with Gasteiger partial charge in [0.05, 0.1) is 5.69 Å². The molecule has 1 fully saturated rings. The third kappa shape index (κ3) is 3.33. The fourth-order valence-corrected chi connectivity index (χ4v) is 3.38. The molecule has 0 aromatic heterocycles. The third-order valence-corrected chi connectivity index (χ3v) is 4.73. The number of carbonyl (C=O) groups excluding carboxylic acids is 2. The van der Waals surface area contributed by atoms with Crippen LogP contribution in [-0.4, -0.2) is 42.5 Å². The Morgan fingerprint density at radius 1 is 1.35 bits per heavy atom. The molecule has 5 nitrogen and oxygen atoms in total. The van der Waals surface area contributed by atoms with Gasteiger partial charge in [0.25, 0.3) is 5.91 Å². The van der Waals surface area contributed by atoms with Gasteiger partial charge in [-0.3, -0.25) is 9.59 Å². The van der Waals surface area contributed by atoms with Gasteiger partial charge in [-0.25, -0.2) is 0 Å². The first-order chi connectivity index (χ1) is 11.1. The average molecular weight is 316 g/mol. The predicted molar refractivity (Wildman–Crippen MR) is 88.7 cm³/mol. The Balaban J connectivity index is 1.69. The van der Waals surface area contributed by atoms with Crippen molar-refractivity contribution in [1.29, 1.82) is 0 Å². The van der Waals surface area contributed by atoms with E-state index in [4.69, 9.17) is 4.74 Å². The molecule has 0 saturated carbocycles. The molecule has 0 radical (unpaired) electrons. The number of likely N-dealkylation sites (tertiary alicyclic amines) is 1. The molecular formula is C18H24N2O3. The van der Waals surface area contributed by atoms with Crippen LogP contribution in [0.3, 0.4) is 0 Å². The molecule has 1 saturated heterocycles. The number of rotatable bonds is 3. The summed E-state index contributed by atoms with van der Waals surface area (Å²) in [4.78, 5) is 28.3. The van der Waals surface area contributed by atoms with Crippen LogP contribution < -0.4 is 9.64 Å². The normalized spacial score (nSPS) is 21.0. The van der Waals surface area contributed by atoms with Crippen molar-refractivity contribution >= 4 is 17.5 Å². The number of ether oxygens (including phenoxy) is 1. The van der Waals surface area contributed by atoms with E-state index in [-0.39, 0.29) is 18.4 Å². The van der Waals surface area contributed by atoms with E-state index in [9.17, 15) is 9.59 Å². The van der Waals surface area contributed by atoms with E-state index in [2.05, 4.69) is 6.92 Å². The van der Waals surface area contributed by atoms with Crippen LogP contribution in [0.1, 0.15) is 38.2 Å². The number of aryl methyl sites for hydroxylation is 1. The monoisotopic (exact) mass is 316 g/mol. The zero-order chi connectivity index (χ0) is 16.4. The Kier molecular flexibility index (Phi) is 4.55. The van der Waals surface area contributed by atoms with Gasteiger partial charge in [-0.05, 0) is 50.8 Å². The number of benzene rings is 1. The summed E-state index contributed by atoms with van der Waals surface area (Å²) < 4.78 is 5.47.